The molecule has 2 aliphatic heterocycles. The van der Waals surface area contributed by atoms with Gasteiger partial charge >= 0.3 is 6.36 Å². The lowest BCUT2D eigenvalue weighted by molar-refractivity contribution is -0.274. The largest absolute Gasteiger partial charge is 0.573 e. The Labute approximate surface area is 192 Å². The molecule has 0 spiro atoms. The number of piperidine rings is 1. The van der Waals surface area contributed by atoms with E-state index in [0.29, 0.717) is 49.3 Å². The van der Waals surface area contributed by atoms with Crippen LogP contribution < -0.4 is 20.3 Å². The van der Waals surface area contributed by atoms with Crippen LogP contribution in [0.25, 0.3) is 0 Å². The molecule has 1 fully saturated rings. The number of nitrogens with one attached hydrogen (secondary N) is 2. The average molecular weight is 488 g/mol. The van der Waals surface area contributed by atoms with E-state index in [1.165, 1.54) is 18.2 Å². The van der Waals surface area contributed by atoms with E-state index in [2.05, 4.69) is 15.4 Å². The Kier molecular flexibility index (Phi) is 6.32. The summed E-state index contributed by atoms with van der Waals surface area (Å²) in [6, 6.07) is 6.64. The number of halogens is 5. The van der Waals surface area contributed by atoms with E-state index in [4.69, 9.17) is 11.6 Å². The molecule has 0 saturated carbocycles. The summed E-state index contributed by atoms with van der Waals surface area (Å²) < 4.78 is 55.1. The van der Waals surface area contributed by atoms with Crippen molar-refractivity contribution in [3.63, 3.8) is 0 Å². The third-order valence-electron chi connectivity index (χ3n) is 5.92. The van der Waals surface area contributed by atoms with Crippen molar-refractivity contribution in [2.24, 2.45) is 0 Å². The van der Waals surface area contributed by atoms with Crippen molar-refractivity contribution in [2.75, 3.05) is 35.2 Å². The molecule has 3 N–H and O–H groups in total. The van der Waals surface area contributed by atoms with Crippen LogP contribution in [0, 0.1) is 5.82 Å². The number of carbonyl (C=O) groups excluding carboxylic acids is 1. The molecule has 1 amide bonds. The Balaban J connectivity index is 1.38. The van der Waals surface area contributed by atoms with Crippen molar-refractivity contribution in [3.8, 4) is 5.75 Å². The van der Waals surface area contributed by atoms with Gasteiger partial charge in [-0.2, -0.15) is 0 Å². The number of aliphatic hydroxyl groups is 1. The Bertz CT molecular complexity index is 1060. The second kappa shape index (κ2) is 8.90. The lowest BCUT2D eigenvalue weighted by atomic mass is 9.90. The van der Waals surface area contributed by atoms with E-state index in [0.717, 1.165) is 6.07 Å². The second-order valence-electron chi connectivity index (χ2n) is 8.22. The highest BCUT2D eigenvalue weighted by Crippen LogP contribution is 2.36. The van der Waals surface area contributed by atoms with Crippen LogP contribution in [0.5, 0.6) is 5.75 Å². The molecule has 0 atom stereocenters. The van der Waals surface area contributed by atoms with Crippen LogP contribution >= 0.6 is 11.6 Å². The predicted molar refractivity (Wildman–Crippen MR) is 116 cm³/mol. The Morgan fingerprint density at radius 3 is 2.58 bits per heavy atom. The fourth-order valence-corrected chi connectivity index (χ4v) is 4.45. The summed E-state index contributed by atoms with van der Waals surface area (Å²) in [4.78, 5) is 13.5. The zero-order valence-corrected chi connectivity index (χ0v) is 18.2. The van der Waals surface area contributed by atoms with Gasteiger partial charge in [-0.05, 0) is 43.5 Å². The lowest BCUT2D eigenvalue weighted by Crippen LogP contribution is -2.48. The van der Waals surface area contributed by atoms with E-state index in [1.54, 1.807) is 6.07 Å². The number of hydrogen-bond donors (Lipinski definition) is 3. The second-order valence-corrected chi connectivity index (χ2v) is 8.63. The molecule has 2 aliphatic rings. The summed E-state index contributed by atoms with van der Waals surface area (Å²) in [6.07, 6.45) is -3.36. The van der Waals surface area contributed by atoms with E-state index in [9.17, 15) is 27.5 Å². The molecule has 6 nitrogen and oxygen atoms in total. The monoisotopic (exact) mass is 487 g/mol. The molecule has 0 aliphatic carbocycles. The number of carbonyl (C=O) groups is 1. The topological polar surface area (TPSA) is 73.8 Å². The van der Waals surface area contributed by atoms with Gasteiger partial charge in [0.1, 0.15) is 11.6 Å². The first-order valence-electron chi connectivity index (χ1n) is 10.4. The number of rotatable bonds is 5. The maximum Gasteiger partial charge on any atom is 0.573 e. The highest BCUT2D eigenvalue weighted by molar-refractivity contribution is 6.33. The van der Waals surface area contributed by atoms with Gasteiger partial charge in [-0.15, -0.1) is 13.2 Å². The number of ether oxygens (including phenoxy) is 1. The minimum atomic E-state index is -4.80. The van der Waals surface area contributed by atoms with Crippen molar-refractivity contribution < 1.29 is 32.2 Å². The summed E-state index contributed by atoms with van der Waals surface area (Å²) in [5, 5.41) is 16.9. The maximum absolute atomic E-state index is 14.1. The van der Waals surface area contributed by atoms with Crippen LogP contribution in [0.4, 0.5) is 34.6 Å². The van der Waals surface area contributed by atoms with Crippen LogP contribution in [0.1, 0.15) is 24.8 Å². The SMILES string of the molecule is O=C1CCc2c(NCC3(O)CCN(c4ccc(OC(F)(F)F)cc4Cl)CC3)ccc(F)c2N1. The quantitative estimate of drug-likeness (QED) is 0.533. The molecule has 0 unspecified atom stereocenters. The summed E-state index contributed by atoms with van der Waals surface area (Å²) in [7, 11) is 0. The zero-order valence-electron chi connectivity index (χ0n) is 17.4. The van der Waals surface area contributed by atoms with Crippen LogP contribution in [-0.4, -0.2) is 42.6 Å². The number of hydrogen-bond acceptors (Lipinski definition) is 5. The smallest absolute Gasteiger partial charge is 0.406 e. The molecule has 2 aromatic carbocycles. The molecule has 178 valence electrons. The van der Waals surface area contributed by atoms with Gasteiger partial charge in [-0.25, -0.2) is 4.39 Å². The third kappa shape index (κ3) is 5.44. The maximum atomic E-state index is 14.1. The van der Waals surface area contributed by atoms with E-state index >= 15 is 0 Å². The molecule has 0 aromatic heterocycles. The van der Waals surface area contributed by atoms with E-state index < -0.39 is 23.5 Å². The van der Waals surface area contributed by atoms with Crippen LogP contribution in [0.2, 0.25) is 5.02 Å². The average Bonchev–Trinajstić information content (AvgIpc) is 2.74. The van der Waals surface area contributed by atoms with Gasteiger partial charge in [0.15, 0.2) is 0 Å². The Morgan fingerprint density at radius 1 is 1.18 bits per heavy atom. The minimum absolute atomic E-state index is 0.125. The number of nitrogens with zero attached hydrogens (tertiary/aromatic N) is 1. The molecule has 4 rings (SSSR count). The summed E-state index contributed by atoms with van der Waals surface area (Å²) in [5.74, 6) is -1.13. The fourth-order valence-electron chi connectivity index (χ4n) is 4.16. The third-order valence-corrected chi connectivity index (χ3v) is 6.23. The van der Waals surface area contributed by atoms with Gasteiger partial charge in [-0.1, -0.05) is 11.6 Å². The van der Waals surface area contributed by atoms with Crippen molar-refractivity contribution >= 4 is 34.6 Å². The Hall–Kier alpha value is -2.72. The van der Waals surface area contributed by atoms with Crippen LogP contribution in [-0.2, 0) is 11.2 Å². The highest BCUT2D eigenvalue weighted by Gasteiger charge is 2.34. The number of anilines is 3. The predicted octanol–water partition coefficient (Wildman–Crippen LogP) is 4.71. The van der Waals surface area contributed by atoms with Crippen molar-refractivity contribution in [1.82, 2.24) is 0 Å². The normalized spacial score (nSPS) is 17.9. The molecular weight excluding hydrogens is 466 g/mol. The first kappa shape index (κ1) is 23.4. The number of alkyl halides is 3. The summed E-state index contributed by atoms with van der Waals surface area (Å²) in [6.45, 7) is 1.10. The Morgan fingerprint density at radius 2 is 1.91 bits per heavy atom. The fraction of sp³-hybridized carbons (Fsp3) is 0.409. The molecule has 2 heterocycles. The molecule has 2 aromatic rings. The van der Waals surface area contributed by atoms with Gasteiger partial charge < -0.3 is 25.4 Å². The lowest BCUT2D eigenvalue weighted by Gasteiger charge is -2.40. The van der Waals surface area contributed by atoms with Gasteiger partial charge in [-0.3, -0.25) is 4.79 Å². The number of benzene rings is 2. The molecule has 0 radical (unpaired) electrons. The van der Waals surface area contributed by atoms with Gasteiger partial charge in [0.05, 0.1) is 22.0 Å². The van der Waals surface area contributed by atoms with Crippen molar-refractivity contribution in [2.45, 2.75) is 37.6 Å². The van der Waals surface area contributed by atoms with Crippen molar-refractivity contribution in [3.05, 3.63) is 46.7 Å². The first-order chi connectivity index (χ1) is 15.5. The molecule has 0 bridgehead atoms. The number of amides is 1. The standard InChI is InChI=1S/C22H22ClF4N3O3/c23-15-11-13(33-22(25,26)27)1-5-18(15)30-9-7-21(32,8-10-30)12-28-17-4-3-16(24)20-14(17)2-6-19(31)29-20/h1,3-5,11,28,32H,2,6-10,12H2,(H,29,31). The molecule has 1 saturated heterocycles. The molecule has 11 heteroatoms. The zero-order chi connectivity index (χ0) is 23.8. The first-order valence-corrected chi connectivity index (χ1v) is 10.8. The van der Waals surface area contributed by atoms with Gasteiger partial charge in [0.25, 0.3) is 0 Å². The van der Waals surface area contributed by atoms with Crippen LogP contribution in [0.15, 0.2) is 30.3 Å². The minimum Gasteiger partial charge on any atom is -0.406 e. The highest BCUT2D eigenvalue weighted by atomic mass is 35.5. The number of fused-ring (bicyclic) bond motifs is 1. The van der Waals surface area contributed by atoms with E-state index in [1.807, 2.05) is 4.90 Å². The van der Waals surface area contributed by atoms with Crippen molar-refractivity contribution in [1.29, 1.82) is 0 Å². The van der Waals surface area contributed by atoms with E-state index in [-0.39, 0.29) is 29.6 Å². The van der Waals surface area contributed by atoms with Gasteiger partial charge in [0, 0.05) is 43.4 Å². The summed E-state index contributed by atoms with van der Waals surface area (Å²) >= 11 is 6.17. The van der Waals surface area contributed by atoms with Crippen LogP contribution in [0.3, 0.4) is 0 Å². The molecular formula is C22H22ClF4N3O3. The summed E-state index contributed by atoms with van der Waals surface area (Å²) in [5.41, 5.74) is 1.02. The molecule has 33 heavy (non-hydrogen) atoms. The van der Waals surface area contributed by atoms with Gasteiger partial charge in [0.2, 0.25) is 5.91 Å².